The summed E-state index contributed by atoms with van der Waals surface area (Å²) in [5.74, 6) is 0. The van der Waals surface area contributed by atoms with Gasteiger partial charge in [-0.1, -0.05) is 29.3 Å². The predicted octanol–water partition coefficient (Wildman–Crippen LogP) is 3.97. The topological polar surface area (TPSA) is 39.1 Å². The molecule has 1 aliphatic carbocycles. The summed E-state index contributed by atoms with van der Waals surface area (Å²) in [5.41, 5.74) is 1.52. The molecule has 0 radical (unpaired) electrons. The average Bonchev–Trinajstić information content (AvgIpc) is 3.26. The van der Waals surface area contributed by atoms with Gasteiger partial charge in [0.15, 0.2) is 6.29 Å². The molecule has 3 rings (SSSR count). The first-order chi connectivity index (χ1) is 9.61. The molecule has 0 saturated heterocycles. The molecular weight excluding hydrogens is 297 g/mol. The molecule has 0 spiro atoms. The molecule has 1 aromatic carbocycles. The fourth-order valence-electron chi connectivity index (χ4n) is 2.24. The summed E-state index contributed by atoms with van der Waals surface area (Å²) in [6.07, 6.45) is 2.51. The van der Waals surface area contributed by atoms with Crippen molar-refractivity contribution in [2.45, 2.75) is 18.9 Å². The Balaban J connectivity index is 2.22. The largest absolute Gasteiger partial charge is 0.305 e. The van der Waals surface area contributed by atoms with Crippen LogP contribution in [0.25, 0.3) is 11.3 Å². The molecule has 20 heavy (non-hydrogen) atoms. The van der Waals surface area contributed by atoms with Crippen molar-refractivity contribution in [3.05, 3.63) is 56.3 Å². The Morgan fingerprint density at radius 2 is 1.85 bits per heavy atom. The minimum Gasteiger partial charge on any atom is -0.305 e. The summed E-state index contributed by atoms with van der Waals surface area (Å²) in [7, 11) is 0. The minimum absolute atomic E-state index is 0.173. The lowest BCUT2D eigenvalue weighted by Gasteiger charge is -2.13. The van der Waals surface area contributed by atoms with Crippen LogP contribution in [0.4, 0.5) is 0 Å². The van der Waals surface area contributed by atoms with E-state index in [4.69, 9.17) is 23.2 Å². The number of benzene rings is 1. The Hall–Kier alpha value is -1.58. The molecule has 1 heterocycles. The van der Waals surface area contributed by atoms with Crippen molar-refractivity contribution in [1.82, 2.24) is 4.57 Å². The number of carbonyl (C=O) groups excluding carboxylic acids is 1. The number of halogens is 2. The predicted molar refractivity (Wildman–Crippen MR) is 79.8 cm³/mol. The SMILES string of the molecule is O=Cc1ccc(-c2ccc(Cl)c(Cl)c2)n(C2CC2)c1=O. The smallest absolute Gasteiger partial charge is 0.261 e. The maximum absolute atomic E-state index is 12.3. The van der Waals surface area contributed by atoms with Gasteiger partial charge in [0.1, 0.15) is 0 Å². The Kier molecular flexibility index (Phi) is 3.40. The Morgan fingerprint density at radius 3 is 2.45 bits per heavy atom. The molecular formula is C15H11Cl2NO2. The van der Waals surface area contributed by atoms with Crippen LogP contribution in [0.1, 0.15) is 29.2 Å². The Morgan fingerprint density at radius 1 is 1.10 bits per heavy atom. The lowest BCUT2D eigenvalue weighted by molar-refractivity contribution is 0.112. The molecule has 1 fully saturated rings. The van der Waals surface area contributed by atoms with Crippen LogP contribution in [0, 0.1) is 0 Å². The molecule has 102 valence electrons. The van der Waals surface area contributed by atoms with E-state index in [2.05, 4.69) is 0 Å². The van der Waals surface area contributed by atoms with Crippen molar-refractivity contribution in [2.24, 2.45) is 0 Å². The third-order valence-electron chi connectivity index (χ3n) is 3.40. The van der Waals surface area contributed by atoms with E-state index in [0.717, 1.165) is 24.1 Å². The maximum atomic E-state index is 12.3. The summed E-state index contributed by atoms with van der Waals surface area (Å²) < 4.78 is 1.68. The standard InChI is InChI=1S/C15H11Cl2NO2/c16-12-5-1-9(7-13(12)17)14-6-2-10(8-19)15(20)18(14)11-3-4-11/h1-2,5-8,11H,3-4H2. The van der Waals surface area contributed by atoms with E-state index >= 15 is 0 Å². The van der Waals surface area contributed by atoms with Crippen molar-refractivity contribution in [3.63, 3.8) is 0 Å². The van der Waals surface area contributed by atoms with E-state index in [1.54, 1.807) is 28.8 Å². The molecule has 5 heteroatoms. The van der Waals surface area contributed by atoms with Gasteiger partial charge in [0.05, 0.1) is 21.3 Å². The zero-order valence-corrected chi connectivity index (χ0v) is 12.0. The first-order valence-corrected chi connectivity index (χ1v) is 7.03. The fourth-order valence-corrected chi connectivity index (χ4v) is 2.54. The number of carbonyl (C=O) groups is 1. The highest BCUT2D eigenvalue weighted by Gasteiger charge is 2.28. The van der Waals surface area contributed by atoms with E-state index in [1.807, 2.05) is 6.07 Å². The number of aldehydes is 1. The summed E-state index contributed by atoms with van der Waals surface area (Å²) in [6, 6.07) is 8.76. The van der Waals surface area contributed by atoms with Crippen molar-refractivity contribution in [3.8, 4) is 11.3 Å². The molecule has 1 aliphatic rings. The zero-order chi connectivity index (χ0) is 14.3. The van der Waals surface area contributed by atoms with Crippen LogP contribution in [0.2, 0.25) is 10.0 Å². The highest BCUT2D eigenvalue weighted by atomic mass is 35.5. The normalized spacial score (nSPS) is 14.3. The van der Waals surface area contributed by atoms with Crippen LogP contribution in [-0.4, -0.2) is 10.9 Å². The molecule has 3 nitrogen and oxygen atoms in total. The summed E-state index contributed by atoms with van der Waals surface area (Å²) in [4.78, 5) is 23.2. The molecule has 0 bridgehead atoms. The number of hydrogen-bond acceptors (Lipinski definition) is 2. The van der Waals surface area contributed by atoms with Gasteiger partial charge in [-0.05, 0) is 42.7 Å². The zero-order valence-electron chi connectivity index (χ0n) is 10.5. The molecule has 0 amide bonds. The summed E-state index contributed by atoms with van der Waals surface area (Å²) in [5, 5.41) is 0.915. The van der Waals surface area contributed by atoms with Crippen molar-refractivity contribution in [2.75, 3.05) is 0 Å². The van der Waals surface area contributed by atoms with Crippen molar-refractivity contribution in [1.29, 1.82) is 0 Å². The molecule has 0 N–H and O–H groups in total. The highest BCUT2D eigenvalue weighted by Crippen LogP contribution is 2.38. The van der Waals surface area contributed by atoms with Crippen molar-refractivity contribution >= 4 is 29.5 Å². The number of nitrogens with zero attached hydrogens (tertiary/aromatic N) is 1. The third kappa shape index (κ3) is 2.28. The van der Waals surface area contributed by atoms with Crippen LogP contribution in [0.15, 0.2) is 35.1 Å². The van der Waals surface area contributed by atoms with Gasteiger partial charge in [0.2, 0.25) is 0 Å². The maximum Gasteiger partial charge on any atom is 0.261 e. The molecule has 0 unspecified atom stereocenters. The third-order valence-corrected chi connectivity index (χ3v) is 4.14. The second-order valence-electron chi connectivity index (χ2n) is 4.83. The number of aromatic nitrogens is 1. The Bertz CT molecular complexity index is 748. The second kappa shape index (κ2) is 5.08. The average molecular weight is 308 g/mol. The van der Waals surface area contributed by atoms with Gasteiger partial charge in [0.25, 0.3) is 5.56 Å². The summed E-state index contributed by atoms with van der Waals surface area (Å²) >= 11 is 11.9. The minimum atomic E-state index is -0.244. The van der Waals surface area contributed by atoms with Crippen LogP contribution in [0.5, 0.6) is 0 Å². The number of pyridine rings is 1. The van der Waals surface area contributed by atoms with Gasteiger partial charge in [-0.15, -0.1) is 0 Å². The fraction of sp³-hybridized carbons (Fsp3) is 0.200. The lowest BCUT2D eigenvalue weighted by atomic mass is 10.1. The second-order valence-corrected chi connectivity index (χ2v) is 5.64. The van der Waals surface area contributed by atoms with E-state index in [0.29, 0.717) is 16.3 Å². The van der Waals surface area contributed by atoms with Gasteiger partial charge in [0, 0.05) is 6.04 Å². The van der Waals surface area contributed by atoms with Crippen LogP contribution < -0.4 is 5.56 Å². The van der Waals surface area contributed by atoms with Gasteiger partial charge in [-0.2, -0.15) is 0 Å². The van der Waals surface area contributed by atoms with Crippen LogP contribution >= 0.6 is 23.2 Å². The highest BCUT2D eigenvalue weighted by molar-refractivity contribution is 6.42. The van der Waals surface area contributed by atoms with E-state index in [9.17, 15) is 9.59 Å². The molecule has 1 aromatic heterocycles. The first kappa shape index (κ1) is 13.4. The first-order valence-electron chi connectivity index (χ1n) is 6.28. The van der Waals surface area contributed by atoms with Crippen molar-refractivity contribution < 1.29 is 4.79 Å². The Labute approximate surface area is 125 Å². The summed E-state index contributed by atoms with van der Waals surface area (Å²) in [6.45, 7) is 0. The van der Waals surface area contributed by atoms with Gasteiger partial charge < -0.3 is 4.57 Å². The van der Waals surface area contributed by atoms with Crippen LogP contribution in [-0.2, 0) is 0 Å². The molecule has 0 aliphatic heterocycles. The van der Waals surface area contributed by atoms with E-state index < -0.39 is 0 Å². The van der Waals surface area contributed by atoms with Crippen LogP contribution in [0.3, 0.4) is 0 Å². The van der Waals surface area contributed by atoms with Gasteiger partial charge >= 0.3 is 0 Å². The quantitative estimate of drug-likeness (QED) is 0.805. The monoisotopic (exact) mass is 307 g/mol. The lowest BCUT2D eigenvalue weighted by Crippen LogP contribution is -2.24. The molecule has 2 aromatic rings. The van der Waals surface area contributed by atoms with E-state index in [-0.39, 0.29) is 17.2 Å². The number of rotatable bonds is 3. The van der Waals surface area contributed by atoms with Gasteiger partial charge in [-0.3, -0.25) is 9.59 Å². The molecule has 1 saturated carbocycles. The number of hydrogen-bond donors (Lipinski definition) is 0. The molecule has 0 atom stereocenters. The van der Waals surface area contributed by atoms with E-state index in [1.165, 1.54) is 0 Å². The van der Waals surface area contributed by atoms with Gasteiger partial charge in [-0.25, -0.2) is 0 Å².